The first-order valence-corrected chi connectivity index (χ1v) is 10.3. The van der Waals surface area contributed by atoms with Gasteiger partial charge in [0.1, 0.15) is 11.4 Å². The van der Waals surface area contributed by atoms with Crippen LogP contribution in [0.5, 0.6) is 5.75 Å². The van der Waals surface area contributed by atoms with E-state index in [1.807, 2.05) is 74.2 Å². The molecule has 1 atom stereocenters. The van der Waals surface area contributed by atoms with Crippen molar-refractivity contribution in [2.24, 2.45) is 0 Å². The summed E-state index contributed by atoms with van der Waals surface area (Å²) in [6, 6.07) is 15.8. The Bertz CT molecular complexity index is 961. The van der Waals surface area contributed by atoms with Gasteiger partial charge in [-0.25, -0.2) is 0 Å². The van der Waals surface area contributed by atoms with Gasteiger partial charge in [0.05, 0.1) is 12.4 Å². The highest BCUT2D eigenvalue weighted by Crippen LogP contribution is 2.29. The van der Waals surface area contributed by atoms with E-state index in [0.717, 1.165) is 16.8 Å². The number of nitrogens with zero attached hydrogens (tertiary/aromatic N) is 5. The predicted molar refractivity (Wildman–Crippen MR) is 113 cm³/mol. The second-order valence-corrected chi connectivity index (χ2v) is 7.95. The van der Waals surface area contributed by atoms with Gasteiger partial charge in [0.25, 0.3) is 0 Å². The van der Waals surface area contributed by atoms with E-state index in [2.05, 4.69) is 15.5 Å². The number of carbonyl (C=O) groups excluding carboxylic acids is 1. The van der Waals surface area contributed by atoms with Crippen LogP contribution in [0.15, 0.2) is 53.7 Å². The van der Waals surface area contributed by atoms with E-state index in [9.17, 15) is 4.79 Å². The van der Waals surface area contributed by atoms with Gasteiger partial charge in [-0.3, -0.25) is 4.79 Å². The van der Waals surface area contributed by atoms with Crippen molar-refractivity contribution in [3.05, 3.63) is 59.7 Å². The van der Waals surface area contributed by atoms with Gasteiger partial charge >= 0.3 is 0 Å². The molecule has 3 aromatic rings. The smallest absolute Gasteiger partial charge is 0.236 e. The lowest BCUT2D eigenvalue weighted by molar-refractivity contribution is -0.130. The summed E-state index contributed by atoms with van der Waals surface area (Å²) < 4.78 is 7.07. The van der Waals surface area contributed by atoms with Crippen LogP contribution in [0, 0.1) is 6.92 Å². The highest BCUT2D eigenvalue weighted by molar-refractivity contribution is 8.00. The number of hydrogen-bond acceptors (Lipinski definition) is 6. The van der Waals surface area contributed by atoms with Crippen molar-refractivity contribution < 1.29 is 9.53 Å². The van der Waals surface area contributed by atoms with Crippen LogP contribution in [0.25, 0.3) is 5.69 Å². The van der Waals surface area contributed by atoms with Crippen molar-refractivity contribution in [3.63, 3.8) is 0 Å². The van der Waals surface area contributed by atoms with Gasteiger partial charge in [-0.15, -0.1) is 5.10 Å². The zero-order valence-electron chi connectivity index (χ0n) is 17.1. The number of aromatic nitrogens is 4. The number of aryl methyl sites for hydroxylation is 1. The standard InChI is InChI=1S/C21H25N5O2S/c1-5-25(14-17-9-7-6-8-10-17)20(27)16(3)29-21-22-23-24-26(21)18-13-15(2)11-12-19(18)28-4/h6-13,16H,5,14H2,1-4H3. The van der Waals surface area contributed by atoms with E-state index in [4.69, 9.17) is 4.74 Å². The van der Waals surface area contributed by atoms with Crippen LogP contribution < -0.4 is 4.74 Å². The molecule has 0 aliphatic rings. The normalized spacial score (nSPS) is 11.9. The van der Waals surface area contributed by atoms with Crippen LogP contribution >= 0.6 is 11.8 Å². The third-order valence-electron chi connectivity index (χ3n) is 4.54. The Morgan fingerprint density at radius 1 is 1.24 bits per heavy atom. The number of benzene rings is 2. The molecule has 1 amide bonds. The largest absolute Gasteiger partial charge is 0.494 e. The molecule has 1 heterocycles. The molecule has 7 nitrogen and oxygen atoms in total. The maximum Gasteiger partial charge on any atom is 0.236 e. The quantitative estimate of drug-likeness (QED) is 0.528. The van der Waals surface area contributed by atoms with Gasteiger partial charge in [0, 0.05) is 13.1 Å². The van der Waals surface area contributed by atoms with Gasteiger partial charge < -0.3 is 9.64 Å². The van der Waals surface area contributed by atoms with Crippen molar-refractivity contribution in [1.82, 2.24) is 25.1 Å². The van der Waals surface area contributed by atoms with E-state index >= 15 is 0 Å². The third-order valence-corrected chi connectivity index (χ3v) is 5.56. The van der Waals surface area contributed by atoms with Gasteiger partial charge in [-0.05, 0) is 54.5 Å². The van der Waals surface area contributed by atoms with Crippen molar-refractivity contribution in [2.45, 2.75) is 37.7 Å². The van der Waals surface area contributed by atoms with Crippen molar-refractivity contribution >= 4 is 17.7 Å². The predicted octanol–water partition coefficient (Wildman–Crippen LogP) is 3.51. The number of carbonyl (C=O) groups is 1. The first kappa shape index (κ1) is 20.9. The second kappa shape index (κ2) is 9.56. The number of thioether (sulfide) groups is 1. The minimum atomic E-state index is -0.334. The Morgan fingerprint density at radius 3 is 2.69 bits per heavy atom. The fourth-order valence-corrected chi connectivity index (χ4v) is 3.87. The molecular formula is C21H25N5O2S. The average Bonchev–Trinajstić information content (AvgIpc) is 3.20. The molecule has 1 unspecified atom stereocenters. The Kier molecular flexibility index (Phi) is 6.87. The molecule has 0 fully saturated rings. The minimum absolute atomic E-state index is 0.0483. The first-order valence-electron chi connectivity index (χ1n) is 9.46. The number of amides is 1. The Balaban J connectivity index is 1.78. The molecule has 0 aliphatic heterocycles. The maximum atomic E-state index is 13.0. The SMILES string of the molecule is CCN(Cc1ccccc1)C(=O)C(C)Sc1nnnn1-c1cc(C)ccc1OC. The van der Waals surface area contributed by atoms with Gasteiger partial charge in [0.2, 0.25) is 11.1 Å². The van der Waals surface area contributed by atoms with Gasteiger partial charge in [-0.2, -0.15) is 4.68 Å². The molecule has 8 heteroatoms. The molecule has 0 spiro atoms. The number of hydrogen-bond donors (Lipinski definition) is 0. The lowest BCUT2D eigenvalue weighted by atomic mass is 10.2. The number of rotatable bonds is 8. The Labute approximate surface area is 175 Å². The third kappa shape index (κ3) is 4.95. The fraction of sp³-hybridized carbons (Fsp3) is 0.333. The highest BCUT2D eigenvalue weighted by Gasteiger charge is 2.24. The van der Waals surface area contributed by atoms with Crippen LogP contribution in [0.1, 0.15) is 25.0 Å². The monoisotopic (exact) mass is 411 g/mol. The van der Waals surface area contributed by atoms with E-state index in [1.165, 1.54) is 11.8 Å². The zero-order chi connectivity index (χ0) is 20.8. The molecule has 0 saturated carbocycles. The molecule has 152 valence electrons. The zero-order valence-corrected chi connectivity index (χ0v) is 17.9. The molecule has 0 aliphatic carbocycles. The topological polar surface area (TPSA) is 73.1 Å². The molecule has 2 aromatic carbocycles. The van der Waals surface area contributed by atoms with Crippen LogP contribution in [0.3, 0.4) is 0 Å². The second-order valence-electron chi connectivity index (χ2n) is 6.65. The molecule has 3 rings (SSSR count). The van der Waals surface area contributed by atoms with Crippen LogP contribution in [-0.4, -0.2) is 49.9 Å². The van der Waals surface area contributed by atoms with Crippen LogP contribution in [-0.2, 0) is 11.3 Å². The van der Waals surface area contributed by atoms with E-state index < -0.39 is 0 Å². The molecular weight excluding hydrogens is 386 g/mol. The molecule has 0 radical (unpaired) electrons. The number of tetrazole rings is 1. The summed E-state index contributed by atoms with van der Waals surface area (Å²) in [7, 11) is 1.61. The summed E-state index contributed by atoms with van der Waals surface area (Å²) in [4.78, 5) is 14.9. The van der Waals surface area contributed by atoms with E-state index in [1.54, 1.807) is 11.8 Å². The first-order chi connectivity index (χ1) is 14.0. The van der Waals surface area contributed by atoms with Gasteiger partial charge in [-0.1, -0.05) is 48.2 Å². The summed E-state index contributed by atoms with van der Waals surface area (Å²) in [6.07, 6.45) is 0. The summed E-state index contributed by atoms with van der Waals surface area (Å²) in [6.45, 7) is 7.08. The summed E-state index contributed by atoms with van der Waals surface area (Å²) in [5.74, 6) is 0.718. The molecule has 0 N–H and O–H groups in total. The van der Waals surface area contributed by atoms with E-state index in [-0.39, 0.29) is 11.2 Å². The number of ether oxygens (including phenoxy) is 1. The number of methoxy groups -OCH3 is 1. The molecule has 0 bridgehead atoms. The Hall–Kier alpha value is -2.87. The van der Waals surface area contributed by atoms with Crippen LogP contribution in [0.4, 0.5) is 0 Å². The van der Waals surface area contributed by atoms with Crippen molar-refractivity contribution in [1.29, 1.82) is 0 Å². The summed E-state index contributed by atoms with van der Waals surface area (Å²) in [5, 5.41) is 12.3. The summed E-state index contributed by atoms with van der Waals surface area (Å²) >= 11 is 1.34. The van der Waals surface area contributed by atoms with E-state index in [0.29, 0.717) is 24.0 Å². The average molecular weight is 412 g/mol. The highest BCUT2D eigenvalue weighted by atomic mass is 32.2. The Morgan fingerprint density at radius 2 is 2.00 bits per heavy atom. The fourth-order valence-electron chi connectivity index (χ4n) is 2.98. The lowest BCUT2D eigenvalue weighted by Gasteiger charge is -2.24. The molecule has 0 saturated heterocycles. The maximum absolute atomic E-state index is 13.0. The van der Waals surface area contributed by atoms with Crippen molar-refractivity contribution in [3.8, 4) is 11.4 Å². The lowest BCUT2D eigenvalue weighted by Crippen LogP contribution is -2.36. The molecule has 29 heavy (non-hydrogen) atoms. The minimum Gasteiger partial charge on any atom is -0.494 e. The summed E-state index contributed by atoms with van der Waals surface area (Å²) in [5.41, 5.74) is 2.92. The molecule has 1 aromatic heterocycles. The van der Waals surface area contributed by atoms with Crippen LogP contribution in [0.2, 0.25) is 0 Å². The van der Waals surface area contributed by atoms with Crippen molar-refractivity contribution in [2.75, 3.05) is 13.7 Å². The van der Waals surface area contributed by atoms with Gasteiger partial charge in [0.15, 0.2) is 0 Å².